The second kappa shape index (κ2) is 6.19. The van der Waals surface area contributed by atoms with E-state index in [2.05, 4.69) is 15.3 Å². The predicted molar refractivity (Wildman–Crippen MR) is 84.9 cm³/mol. The molecule has 0 fully saturated rings. The van der Waals surface area contributed by atoms with Crippen molar-refractivity contribution in [3.8, 4) is 5.75 Å². The first-order chi connectivity index (χ1) is 11.8. The van der Waals surface area contributed by atoms with Crippen LogP contribution in [0, 0.1) is 0 Å². The number of alkyl halides is 3. The van der Waals surface area contributed by atoms with Crippen molar-refractivity contribution in [3.05, 3.63) is 52.3 Å². The lowest BCUT2D eigenvalue weighted by Crippen LogP contribution is -2.24. The van der Waals surface area contributed by atoms with Gasteiger partial charge in [-0.05, 0) is 25.1 Å². The molecule has 2 aromatic rings. The van der Waals surface area contributed by atoms with Gasteiger partial charge in [0.25, 0.3) is 5.91 Å². The predicted octanol–water partition coefficient (Wildman–Crippen LogP) is 2.16. The van der Waals surface area contributed by atoms with Crippen LogP contribution < -0.4 is 20.6 Å². The monoisotopic (exact) mass is 349 g/mol. The summed E-state index contributed by atoms with van der Waals surface area (Å²) in [6.07, 6.45) is -2.71. The Kier molecular flexibility index (Phi) is 4.20. The van der Waals surface area contributed by atoms with E-state index >= 15 is 0 Å². The number of benzene rings is 1. The maximum atomic E-state index is 12.7. The topological polar surface area (TPSA) is 63.6 Å². The maximum absolute atomic E-state index is 12.7. The molecular weight excluding hydrogens is 335 g/mol. The highest BCUT2D eigenvalue weighted by Crippen LogP contribution is 2.27. The molecule has 8 heteroatoms. The van der Waals surface area contributed by atoms with Crippen molar-refractivity contribution in [3.63, 3.8) is 0 Å². The Morgan fingerprint density at radius 1 is 1.28 bits per heavy atom. The molecule has 25 heavy (non-hydrogen) atoms. The van der Waals surface area contributed by atoms with Gasteiger partial charge in [0.05, 0.1) is 24.2 Å². The average molecular weight is 349 g/mol. The fraction of sp³-hybridized carbons (Fsp3) is 0.235. The van der Waals surface area contributed by atoms with E-state index in [0.717, 1.165) is 22.7 Å². The van der Waals surface area contributed by atoms with Gasteiger partial charge in [0.1, 0.15) is 17.1 Å². The molecule has 1 aliphatic heterocycles. The number of aromatic nitrogens is 1. The number of hydrogen-bond acceptors (Lipinski definition) is 4. The molecule has 1 aromatic heterocycles. The van der Waals surface area contributed by atoms with Crippen molar-refractivity contribution >= 4 is 17.7 Å². The van der Waals surface area contributed by atoms with Gasteiger partial charge >= 0.3 is 6.18 Å². The van der Waals surface area contributed by atoms with Crippen LogP contribution in [0.1, 0.15) is 23.1 Å². The molecule has 1 N–H and O–H groups in total. The summed E-state index contributed by atoms with van der Waals surface area (Å²) in [7, 11) is 1.43. The minimum absolute atomic E-state index is 0.00999. The molecule has 0 unspecified atom stereocenters. The quantitative estimate of drug-likeness (QED) is 0.924. The first kappa shape index (κ1) is 16.9. The van der Waals surface area contributed by atoms with E-state index in [0.29, 0.717) is 11.4 Å². The van der Waals surface area contributed by atoms with Gasteiger partial charge in [-0.2, -0.15) is 13.2 Å². The largest absolute Gasteiger partial charge is 0.494 e. The molecule has 0 saturated carbocycles. The lowest BCUT2D eigenvalue weighted by molar-refractivity contribution is -0.141. The number of pyridine rings is 1. The molecule has 1 aliphatic rings. The first-order valence-corrected chi connectivity index (χ1v) is 7.41. The number of nitrogens with zero attached hydrogens (tertiary/aromatic N) is 2. The summed E-state index contributed by atoms with van der Waals surface area (Å²) >= 11 is 0. The van der Waals surface area contributed by atoms with E-state index in [4.69, 9.17) is 4.74 Å². The van der Waals surface area contributed by atoms with Crippen molar-refractivity contribution in [2.24, 2.45) is 4.99 Å². The van der Waals surface area contributed by atoms with Gasteiger partial charge < -0.3 is 10.1 Å². The molecule has 5 nitrogen and oxygen atoms in total. The zero-order chi connectivity index (χ0) is 18.2. The Bertz CT molecular complexity index is 955. The summed E-state index contributed by atoms with van der Waals surface area (Å²) < 4.78 is 43.4. The van der Waals surface area contributed by atoms with Gasteiger partial charge in [0, 0.05) is 11.3 Å². The number of amides is 1. The Morgan fingerprint density at radius 2 is 2.04 bits per heavy atom. The van der Waals surface area contributed by atoms with Crippen LogP contribution in [0.4, 0.5) is 18.9 Å². The molecule has 1 amide bonds. The molecule has 0 radical (unpaired) electrons. The summed E-state index contributed by atoms with van der Waals surface area (Å²) in [5.74, 6) is -0.391. The number of carbonyl (C=O) groups excluding carboxylic acids is 1. The van der Waals surface area contributed by atoms with Crippen LogP contribution in [-0.2, 0) is 6.18 Å². The Hall–Kier alpha value is -2.90. The number of rotatable bonds is 3. The molecule has 0 spiro atoms. The average Bonchev–Trinajstić information content (AvgIpc) is 2.92. The maximum Gasteiger partial charge on any atom is 0.433 e. The lowest BCUT2D eigenvalue weighted by atomic mass is 10.2. The number of hydrogen-bond donors (Lipinski definition) is 1. The summed E-state index contributed by atoms with van der Waals surface area (Å²) in [5.41, 5.74) is -1.12. The zero-order valence-electron chi connectivity index (χ0n) is 13.4. The molecule has 130 valence electrons. The molecule has 2 heterocycles. The highest BCUT2D eigenvalue weighted by atomic mass is 19.4. The van der Waals surface area contributed by atoms with Gasteiger partial charge in [-0.15, -0.1) is 0 Å². The molecule has 0 aliphatic carbocycles. The minimum atomic E-state index is -4.62. The number of methoxy groups -OCH3 is 1. The summed E-state index contributed by atoms with van der Waals surface area (Å²) in [6.45, 7) is 1.91. The molecule has 1 aromatic carbocycles. The van der Waals surface area contributed by atoms with E-state index in [9.17, 15) is 18.0 Å². The highest BCUT2D eigenvalue weighted by Gasteiger charge is 2.33. The van der Waals surface area contributed by atoms with E-state index in [1.807, 2.05) is 13.0 Å². The highest BCUT2D eigenvalue weighted by molar-refractivity contribution is 6.03. The van der Waals surface area contributed by atoms with Crippen molar-refractivity contribution < 1.29 is 22.7 Å². The Balaban J connectivity index is 1.94. The lowest BCUT2D eigenvalue weighted by Gasteiger charge is -2.11. The van der Waals surface area contributed by atoms with Crippen molar-refractivity contribution in [2.45, 2.75) is 19.1 Å². The van der Waals surface area contributed by atoms with Crippen molar-refractivity contribution in [1.82, 2.24) is 4.98 Å². The number of fused-ring (bicyclic) bond motifs is 1. The standard InChI is InChI=1S/C17H14F3N3O2/c1-9-6-10-7-13(14(25-2)8-12(10)21-9)23-16(24)11-4-3-5-15(22-11)17(18,19)20/h3-9H,1-2H3,(H,23,24)/t9-/m0/s1. The van der Waals surface area contributed by atoms with E-state index in [-0.39, 0.29) is 11.7 Å². The van der Waals surface area contributed by atoms with Crippen LogP contribution in [-0.4, -0.2) is 24.0 Å². The van der Waals surface area contributed by atoms with Crippen LogP contribution in [0.15, 0.2) is 35.3 Å². The van der Waals surface area contributed by atoms with Crippen LogP contribution in [0.2, 0.25) is 0 Å². The Labute approximate surface area is 140 Å². The van der Waals surface area contributed by atoms with Gasteiger partial charge in [0.2, 0.25) is 0 Å². The number of anilines is 1. The number of carbonyl (C=O) groups is 1. The third-order valence-corrected chi connectivity index (χ3v) is 3.63. The van der Waals surface area contributed by atoms with E-state index in [1.54, 1.807) is 12.1 Å². The Morgan fingerprint density at radius 3 is 2.72 bits per heavy atom. The third kappa shape index (κ3) is 3.47. The summed E-state index contributed by atoms with van der Waals surface area (Å²) in [6, 6.07) is 6.52. The first-order valence-electron chi connectivity index (χ1n) is 7.41. The molecule has 3 rings (SSSR count). The summed E-state index contributed by atoms with van der Waals surface area (Å²) in [4.78, 5) is 20.1. The fourth-order valence-electron chi connectivity index (χ4n) is 2.52. The normalized spacial score (nSPS) is 15.8. The van der Waals surface area contributed by atoms with Crippen LogP contribution in [0.25, 0.3) is 6.08 Å². The third-order valence-electron chi connectivity index (χ3n) is 3.63. The summed E-state index contributed by atoms with van der Waals surface area (Å²) in [5, 5.41) is 4.10. The number of nitrogens with one attached hydrogen (secondary N) is 1. The second-order valence-corrected chi connectivity index (χ2v) is 5.51. The molecular formula is C17H14F3N3O2. The molecule has 0 saturated heterocycles. The fourth-order valence-corrected chi connectivity index (χ4v) is 2.52. The molecule has 0 bridgehead atoms. The molecule has 1 atom stereocenters. The SMILES string of the molecule is COc1cc2c(cc1NC(=O)c1cccc(C(F)(F)F)n1)=C[C@H](C)N=2. The van der Waals surface area contributed by atoms with E-state index < -0.39 is 17.8 Å². The number of ether oxygens (including phenoxy) is 1. The second-order valence-electron chi connectivity index (χ2n) is 5.51. The van der Waals surface area contributed by atoms with Crippen LogP contribution in [0.5, 0.6) is 5.75 Å². The van der Waals surface area contributed by atoms with Crippen molar-refractivity contribution in [2.75, 3.05) is 12.4 Å². The zero-order valence-corrected chi connectivity index (χ0v) is 13.4. The minimum Gasteiger partial charge on any atom is -0.494 e. The van der Waals surface area contributed by atoms with Crippen LogP contribution >= 0.6 is 0 Å². The van der Waals surface area contributed by atoms with Crippen molar-refractivity contribution in [1.29, 1.82) is 0 Å². The van der Waals surface area contributed by atoms with Gasteiger partial charge in [-0.3, -0.25) is 9.79 Å². The van der Waals surface area contributed by atoms with Gasteiger partial charge in [0.15, 0.2) is 0 Å². The van der Waals surface area contributed by atoms with E-state index in [1.165, 1.54) is 13.2 Å². The number of halogens is 3. The van der Waals surface area contributed by atoms with Crippen LogP contribution in [0.3, 0.4) is 0 Å². The van der Waals surface area contributed by atoms with Gasteiger partial charge in [-0.1, -0.05) is 12.1 Å². The smallest absolute Gasteiger partial charge is 0.433 e. The van der Waals surface area contributed by atoms with Gasteiger partial charge in [-0.25, -0.2) is 4.98 Å².